The number of carbonyl (C=O) groups is 1. The molecule has 15 heavy (non-hydrogen) atoms. The van der Waals surface area contributed by atoms with Gasteiger partial charge in [-0.2, -0.15) is 0 Å². The SMILES string of the molecule is CN1CCC[C@H]1[C@@H](O)COCCC(=O)O. The molecule has 1 rings (SSSR count). The highest BCUT2D eigenvalue weighted by atomic mass is 16.5. The first kappa shape index (κ1) is 12.4. The summed E-state index contributed by atoms with van der Waals surface area (Å²) in [4.78, 5) is 12.3. The summed E-state index contributed by atoms with van der Waals surface area (Å²) >= 11 is 0. The molecule has 0 radical (unpaired) electrons. The summed E-state index contributed by atoms with van der Waals surface area (Å²) in [5, 5.41) is 18.2. The van der Waals surface area contributed by atoms with Crippen molar-refractivity contribution in [1.29, 1.82) is 0 Å². The molecular weight excluding hydrogens is 198 g/mol. The third kappa shape index (κ3) is 4.15. The molecule has 1 heterocycles. The fraction of sp³-hybridized carbons (Fsp3) is 0.900. The zero-order chi connectivity index (χ0) is 11.3. The Balaban J connectivity index is 2.12. The van der Waals surface area contributed by atoms with E-state index >= 15 is 0 Å². The van der Waals surface area contributed by atoms with Gasteiger partial charge in [0.15, 0.2) is 0 Å². The first-order valence-corrected chi connectivity index (χ1v) is 5.29. The van der Waals surface area contributed by atoms with Crippen LogP contribution in [0.15, 0.2) is 0 Å². The van der Waals surface area contributed by atoms with Crippen molar-refractivity contribution in [1.82, 2.24) is 4.90 Å². The Morgan fingerprint density at radius 2 is 2.40 bits per heavy atom. The number of carboxylic acids is 1. The van der Waals surface area contributed by atoms with Gasteiger partial charge < -0.3 is 19.8 Å². The van der Waals surface area contributed by atoms with Crippen molar-refractivity contribution < 1.29 is 19.7 Å². The second kappa shape index (κ2) is 6.05. The molecule has 0 bridgehead atoms. The van der Waals surface area contributed by atoms with Gasteiger partial charge in [0.05, 0.1) is 25.7 Å². The Morgan fingerprint density at radius 1 is 1.67 bits per heavy atom. The van der Waals surface area contributed by atoms with Gasteiger partial charge in [0.25, 0.3) is 0 Å². The van der Waals surface area contributed by atoms with E-state index in [4.69, 9.17) is 9.84 Å². The van der Waals surface area contributed by atoms with E-state index in [1.807, 2.05) is 7.05 Å². The monoisotopic (exact) mass is 217 g/mol. The van der Waals surface area contributed by atoms with E-state index in [2.05, 4.69) is 4.90 Å². The van der Waals surface area contributed by atoms with Gasteiger partial charge >= 0.3 is 5.97 Å². The topological polar surface area (TPSA) is 70.0 Å². The lowest BCUT2D eigenvalue weighted by atomic mass is 10.1. The number of likely N-dealkylation sites (N-methyl/N-ethyl adjacent to an activating group) is 1. The molecule has 5 heteroatoms. The third-order valence-corrected chi connectivity index (χ3v) is 2.77. The van der Waals surface area contributed by atoms with Gasteiger partial charge in [0.2, 0.25) is 0 Å². The minimum atomic E-state index is -0.873. The molecule has 1 aliphatic rings. The molecule has 0 aromatic rings. The standard InChI is InChI=1S/C10H19NO4/c1-11-5-2-3-8(11)9(12)7-15-6-4-10(13)14/h8-9,12H,2-7H2,1H3,(H,13,14)/t8-,9-/m0/s1. The number of ether oxygens (including phenoxy) is 1. The van der Waals surface area contributed by atoms with E-state index in [-0.39, 0.29) is 25.7 Å². The number of rotatable bonds is 6. The molecule has 0 aliphatic carbocycles. The summed E-state index contributed by atoms with van der Waals surface area (Å²) in [5.74, 6) is -0.873. The first-order chi connectivity index (χ1) is 7.11. The second-order valence-electron chi connectivity index (χ2n) is 3.98. The van der Waals surface area contributed by atoms with Crippen LogP contribution >= 0.6 is 0 Å². The van der Waals surface area contributed by atoms with E-state index in [0.29, 0.717) is 0 Å². The van der Waals surface area contributed by atoms with Crippen molar-refractivity contribution >= 4 is 5.97 Å². The number of carboxylic acid groups (broad SMARTS) is 1. The normalized spacial score (nSPS) is 24.3. The van der Waals surface area contributed by atoms with Gasteiger partial charge in [0.1, 0.15) is 0 Å². The Kier molecular flexibility index (Phi) is 5.01. The largest absolute Gasteiger partial charge is 0.481 e. The molecule has 0 amide bonds. The number of aliphatic hydroxyl groups excluding tert-OH is 1. The van der Waals surface area contributed by atoms with E-state index in [9.17, 15) is 9.90 Å². The van der Waals surface area contributed by atoms with Gasteiger partial charge in [-0.3, -0.25) is 4.79 Å². The van der Waals surface area contributed by atoms with Gasteiger partial charge in [-0.05, 0) is 26.4 Å². The lowest BCUT2D eigenvalue weighted by Gasteiger charge is -2.24. The molecule has 2 N–H and O–H groups in total. The van der Waals surface area contributed by atoms with Crippen LogP contribution in [0.5, 0.6) is 0 Å². The highest BCUT2D eigenvalue weighted by Gasteiger charge is 2.27. The summed E-state index contributed by atoms with van der Waals surface area (Å²) in [6, 6.07) is 0.162. The first-order valence-electron chi connectivity index (χ1n) is 5.29. The minimum absolute atomic E-state index is 0.00672. The summed E-state index contributed by atoms with van der Waals surface area (Å²) in [6.45, 7) is 1.40. The van der Waals surface area contributed by atoms with Crippen molar-refractivity contribution in [2.24, 2.45) is 0 Å². The van der Waals surface area contributed by atoms with Crippen molar-refractivity contribution in [3.05, 3.63) is 0 Å². The zero-order valence-electron chi connectivity index (χ0n) is 9.06. The maximum Gasteiger partial charge on any atom is 0.305 e. The summed E-state index contributed by atoms with van der Waals surface area (Å²) in [5.41, 5.74) is 0. The zero-order valence-corrected chi connectivity index (χ0v) is 9.06. The predicted octanol–water partition coefficient (Wildman–Crippen LogP) is -0.0672. The quantitative estimate of drug-likeness (QED) is 0.610. The fourth-order valence-electron chi connectivity index (χ4n) is 1.90. The second-order valence-corrected chi connectivity index (χ2v) is 3.98. The summed E-state index contributed by atoms with van der Waals surface area (Å²) < 4.78 is 5.11. The van der Waals surface area contributed by atoms with E-state index in [1.165, 1.54) is 0 Å². The number of aliphatic carboxylic acids is 1. The third-order valence-electron chi connectivity index (χ3n) is 2.77. The van der Waals surface area contributed by atoms with Gasteiger partial charge in [-0.25, -0.2) is 0 Å². The molecule has 0 spiro atoms. The molecule has 1 fully saturated rings. The summed E-state index contributed by atoms with van der Waals surface area (Å²) in [6.07, 6.45) is 1.58. The van der Waals surface area contributed by atoms with Gasteiger partial charge in [-0.1, -0.05) is 0 Å². The predicted molar refractivity (Wildman–Crippen MR) is 54.7 cm³/mol. The minimum Gasteiger partial charge on any atom is -0.481 e. The molecule has 0 aromatic carbocycles. The maximum absolute atomic E-state index is 10.2. The van der Waals surface area contributed by atoms with Crippen molar-refractivity contribution in [3.63, 3.8) is 0 Å². The average Bonchev–Trinajstić information content (AvgIpc) is 2.58. The van der Waals surface area contributed by atoms with Crippen LogP contribution in [0.25, 0.3) is 0 Å². The molecule has 1 saturated heterocycles. The van der Waals surface area contributed by atoms with Crippen LogP contribution in [0.4, 0.5) is 0 Å². The van der Waals surface area contributed by atoms with E-state index in [1.54, 1.807) is 0 Å². The summed E-state index contributed by atoms with van der Waals surface area (Å²) in [7, 11) is 1.98. The average molecular weight is 217 g/mol. The van der Waals surface area contributed by atoms with Crippen LogP contribution in [0.3, 0.4) is 0 Å². The van der Waals surface area contributed by atoms with Crippen LogP contribution in [-0.2, 0) is 9.53 Å². The van der Waals surface area contributed by atoms with Crippen molar-refractivity contribution in [3.8, 4) is 0 Å². The smallest absolute Gasteiger partial charge is 0.305 e. The Bertz CT molecular complexity index is 210. The fourth-order valence-corrected chi connectivity index (χ4v) is 1.90. The Hall–Kier alpha value is -0.650. The van der Waals surface area contributed by atoms with Crippen LogP contribution in [-0.4, -0.2) is 60.0 Å². The van der Waals surface area contributed by atoms with Crippen molar-refractivity contribution in [2.45, 2.75) is 31.4 Å². The number of hydrogen-bond donors (Lipinski definition) is 2. The van der Waals surface area contributed by atoms with E-state index in [0.717, 1.165) is 19.4 Å². The highest BCUT2D eigenvalue weighted by Crippen LogP contribution is 2.18. The number of aliphatic hydroxyl groups is 1. The molecule has 2 atom stereocenters. The number of likely N-dealkylation sites (tertiary alicyclic amines) is 1. The van der Waals surface area contributed by atoms with Gasteiger partial charge in [-0.15, -0.1) is 0 Å². The molecule has 5 nitrogen and oxygen atoms in total. The molecule has 0 unspecified atom stereocenters. The number of nitrogens with zero attached hydrogens (tertiary/aromatic N) is 1. The molecule has 0 saturated carbocycles. The van der Waals surface area contributed by atoms with Crippen LogP contribution < -0.4 is 0 Å². The van der Waals surface area contributed by atoms with Gasteiger partial charge in [0, 0.05) is 6.04 Å². The molecular formula is C10H19NO4. The molecule has 1 aliphatic heterocycles. The Labute approximate surface area is 89.6 Å². The van der Waals surface area contributed by atoms with Crippen LogP contribution in [0.2, 0.25) is 0 Å². The van der Waals surface area contributed by atoms with Crippen LogP contribution in [0, 0.1) is 0 Å². The lowest BCUT2D eigenvalue weighted by Crippen LogP contribution is -2.39. The van der Waals surface area contributed by atoms with E-state index < -0.39 is 12.1 Å². The number of hydrogen-bond acceptors (Lipinski definition) is 4. The highest BCUT2D eigenvalue weighted by molar-refractivity contribution is 5.66. The lowest BCUT2D eigenvalue weighted by molar-refractivity contribution is -0.138. The Morgan fingerprint density at radius 3 is 2.93 bits per heavy atom. The van der Waals surface area contributed by atoms with Crippen LogP contribution in [0.1, 0.15) is 19.3 Å². The molecule has 0 aromatic heterocycles. The molecule has 88 valence electrons. The van der Waals surface area contributed by atoms with Crippen molar-refractivity contribution in [2.75, 3.05) is 26.8 Å². The maximum atomic E-state index is 10.2.